The molecule has 0 N–H and O–H groups in total. The molecule has 0 fully saturated rings. The van der Waals surface area contributed by atoms with Gasteiger partial charge in [-0.3, -0.25) is 0 Å². The molecule has 0 radical (unpaired) electrons. The summed E-state index contributed by atoms with van der Waals surface area (Å²) in [7, 11) is 1.21. The Kier molecular flexibility index (Phi) is 5.39. The van der Waals surface area contributed by atoms with Gasteiger partial charge in [0.1, 0.15) is 5.76 Å². The Hall–Kier alpha value is -3.82. The molecule has 0 aliphatic heterocycles. The Morgan fingerprint density at radius 2 is 1.48 bits per heavy atom. The lowest BCUT2D eigenvalue weighted by atomic mass is 10.0. The van der Waals surface area contributed by atoms with E-state index in [9.17, 15) is 31.1 Å². The summed E-state index contributed by atoms with van der Waals surface area (Å²) in [6.07, 6.45) is -9.90. The van der Waals surface area contributed by atoms with Crippen molar-refractivity contribution in [1.82, 2.24) is 4.98 Å². The van der Waals surface area contributed by atoms with Crippen LogP contribution in [0.4, 0.5) is 26.3 Å². The zero-order chi connectivity index (χ0) is 24.0. The molecular formula is C23H13F6NO3. The van der Waals surface area contributed by atoms with Crippen LogP contribution >= 0.6 is 0 Å². The first-order valence-electron chi connectivity index (χ1n) is 9.35. The highest BCUT2D eigenvalue weighted by atomic mass is 19.4. The molecule has 0 saturated heterocycles. The third-order valence-corrected chi connectivity index (χ3v) is 4.85. The average Bonchev–Trinajstić information content (AvgIpc) is 3.26. The van der Waals surface area contributed by atoms with Crippen LogP contribution in [-0.4, -0.2) is 18.1 Å². The lowest BCUT2D eigenvalue weighted by Gasteiger charge is -2.14. The number of rotatable bonds is 3. The Labute approximate surface area is 182 Å². The Balaban J connectivity index is 1.75. The number of furan rings is 1. The molecule has 0 aliphatic carbocycles. The monoisotopic (exact) mass is 465 g/mol. The number of alkyl halides is 6. The van der Waals surface area contributed by atoms with E-state index in [2.05, 4.69) is 9.72 Å². The molecule has 4 rings (SSSR count). The number of fused-ring (bicyclic) bond motifs is 1. The average molecular weight is 465 g/mol. The first kappa shape index (κ1) is 22.4. The number of esters is 1. The molecule has 0 spiro atoms. The van der Waals surface area contributed by atoms with Gasteiger partial charge in [-0.25, -0.2) is 9.78 Å². The van der Waals surface area contributed by atoms with Gasteiger partial charge in [0, 0.05) is 16.5 Å². The maximum atomic E-state index is 13.2. The third-order valence-electron chi connectivity index (χ3n) is 4.85. The van der Waals surface area contributed by atoms with Crippen LogP contribution < -0.4 is 0 Å². The molecule has 0 saturated carbocycles. The summed E-state index contributed by atoms with van der Waals surface area (Å²) in [6, 6.07) is 12.0. The van der Waals surface area contributed by atoms with Crippen LogP contribution in [-0.2, 0) is 17.1 Å². The number of benzene rings is 2. The number of halogens is 6. The second-order valence-electron chi connectivity index (χ2n) is 7.05. The van der Waals surface area contributed by atoms with Crippen LogP contribution in [0.2, 0.25) is 0 Å². The SMILES string of the molecule is COC(=O)c1ccc(-c2ccc3nc(-c4cc(C(F)(F)F)cc(C(F)(F)F)c4)ccc3c2)o1. The maximum Gasteiger partial charge on any atom is 0.416 e. The molecule has 10 heteroatoms. The van der Waals surface area contributed by atoms with E-state index in [-0.39, 0.29) is 23.1 Å². The number of hydrogen-bond acceptors (Lipinski definition) is 4. The van der Waals surface area contributed by atoms with Crippen LogP contribution in [0.3, 0.4) is 0 Å². The molecule has 2 aromatic carbocycles. The number of hydrogen-bond donors (Lipinski definition) is 0. The highest BCUT2D eigenvalue weighted by molar-refractivity contribution is 5.88. The number of aromatic nitrogens is 1. The van der Waals surface area contributed by atoms with Crippen LogP contribution in [0.5, 0.6) is 0 Å². The zero-order valence-corrected chi connectivity index (χ0v) is 16.7. The first-order valence-corrected chi connectivity index (χ1v) is 9.35. The van der Waals surface area contributed by atoms with Gasteiger partial charge < -0.3 is 9.15 Å². The molecule has 170 valence electrons. The van der Waals surface area contributed by atoms with Crippen LogP contribution in [0, 0.1) is 0 Å². The van der Waals surface area contributed by atoms with Gasteiger partial charge in [0.05, 0.1) is 29.4 Å². The number of carbonyl (C=O) groups excluding carboxylic acids is 1. The van der Waals surface area contributed by atoms with E-state index >= 15 is 0 Å². The van der Waals surface area contributed by atoms with Gasteiger partial charge in [0.2, 0.25) is 5.76 Å². The standard InChI is InChI=1S/C23H13F6NO3/c1-32-21(31)20-7-6-19(33-20)13-3-5-17-12(8-13)2-4-18(30-17)14-9-15(22(24,25)26)11-16(10-14)23(27,28)29/h2-11H,1H3. The van der Waals surface area contributed by atoms with E-state index in [0.29, 0.717) is 34.4 Å². The third kappa shape index (κ3) is 4.55. The van der Waals surface area contributed by atoms with Gasteiger partial charge in [-0.1, -0.05) is 6.07 Å². The number of ether oxygens (including phenoxy) is 1. The van der Waals surface area contributed by atoms with Gasteiger partial charge in [-0.05, 0) is 54.6 Å². The molecular weight excluding hydrogens is 452 g/mol. The van der Waals surface area contributed by atoms with Crippen LogP contribution in [0.1, 0.15) is 21.7 Å². The summed E-state index contributed by atoms with van der Waals surface area (Å²) in [6.45, 7) is 0. The molecule has 4 aromatic rings. The highest BCUT2D eigenvalue weighted by Crippen LogP contribution is 2.38. The smallest absolute Gasteiger partial charge is 0.416 e. The van der Waals surface area contributed by atoms with Gasteiger partial charge in [-0.15, -0.1) is 0 Å². The molecule has 2 aromatic heterocycles. The summed E-state index contributed by atoms with van der Waals surface area (Å²) < 4.78 is 89.0. The Morgan fingerprint density at radius 3 is 2.09 bits per heavy atom. The van der Waals surface area contributed by atoms with Gasteiger partial charge in [0.15, 0.2) is 0 Å². The number of pyridine rings is 1. The second kappa shape index (κ2) is 7.95. The van der Waals surface area contributed by atoms with Crippen molar-refractivity contribution in [3.63, 3.8) is 0 Å². The van der Waals surface area contributed by atoms with E-state index in [1.165, 1.54) is 25.3 Å². The van der Waals surface area contributed by atoms with E-state index < -0.39 is 29.4 Å². The normalized spacial score (nSPS) is 12.2. The fraction of sp³-hybridized carbons (Fsp3) is 0.130. The summed E-state index contributed by atoms with van der Waals surface area (Å²) in [5, 5.41) is 0.565. The summed E-state index contributed by atoms with van der Waals surface area (Å²) in [5.74, 6) is -0.271. The lowest BCUT2D eigenvalue weighted by molar-refractivity contribution is -0.143. The minimum Gasteiger partial charge on any atom is -0.463 e. The van der Waals surface area contributed by atoms with Crippen LogP contribution in [0.15, 0.2) is 65.1 Å². The van der Waals surface area contributed by atoms with Crippen molar-refractivity contribution in [2.24, 2.45) is 0 Å². The lowest BCUT2D eigenvalue weighted by Crippen LogP contribution is -2.11. The van der Waals surface area contributed by atoms with Gasteiger partial charge >= 0.3 is 18.3 Å². The Morgan fingerprint density at radius 1 is 0.818 bits per heavy atom. The quantitative estimate of drug-likeness (QED) is 0.242. The van der Waals surface area contributed by atoms with Gasteiger partial charge in [0.25, 0.3) is 0 Å². The molecule has 33 heavy (non-hydrogen) atoms. The predicted octanol–water partition coefficient (Wildman–Crippen LogP) is 6.99. The molecule has 0 aliphatic rings. The molecule has 0 amide bonds. The minimum absolute atomic E-state index is 0.00563. The van der Waals surface area contributed by atoms with Crippen molar-refractivity contribution in [2.75, 3.05) is 7.11 Å². The highest BCUT2D eigenvalue weighted by Gasteiger charge is 2.37. The largest absolute Gasteiger partial charge is 0.463 e. The van der Waals surface area contributed by atoms with E-state index in [4.69, 9.17) is 4.42 Å². The number of carbonyl (C=O) groups is 1. The zero-order valence-electron chi connectivity index (χ0n) is 16.7. The van der Waals surface area contributed by atoms with E-state index in [1.54, 1.807) is 24.3 Å². The predicted molar refractivity (Wildman–Crippen MR) is 106 cm³/mol. The van der Waals surface area contributed by atoms with Crippen molar-refractivity contribution >= 4 is 16.9 Å². The van der Waals surface area contributed by atoms with Crippen molar-refractivity contribution < 1.29 is 40.3 Å². The fourth-order valence-corrected chi connectivity index (χ4v) is 3.25. The van der Waals surface area contributed by atoms with Crippen LogP contribution in [0.25, 0.3) is 33.5 Å². The molecule has 0 atom stereocenters. The van der Waals surface area contributed by atoms with Crippen molar-refractivity contribution in [3.8, 4) is 22.6 Å². The summed E-state index contributed by atoms with van der Waals surface area (Å²) in [5.41, 5.74) is -2.24. The molecule has 4 nitrogen and oxygen atoms in total. The fourth-order valence-electron chi connectivity index (χ4n) is 3.25. The summed E-state index contributed by atoms with van der Waals surface area (Å²) in [4.78, 5) is 15.8. The number of methoxy groups -OCH3 is 1. The Bertz CT molecular complexity index is 1320. The topological polar surface area (TPSA) is 52.3 Å². The molecule has 0 bridgehead atoms. The van der Waals surface area contributed by atoms with Crippen molar-refractivity contribution in [3.05, 3.63) is 77.6 Å². The van der Waals surface area contributed by atoms with E-state index in [1.807, 2.05) is 0 Å². The minimum atomic E-state index is -4.95. The molecule has 2 heterocycles. The number of nitrogens with zero attached hydrogens (tertiary/aromatic N) is 1. The molecule has 0 unspecified atom stereocenters. The summed E-state index contributed by atoms with van der Waals surface area (Å²) >= 11 is 0. The maximum absolute atomic E-state index is 13.2. The van der Waals surface area contributed by atoms with Gasteiger partial charge in [-0.2, -0.15) is 26.3 Å². The second-order valence-corrected chi connectivity index (χ2v) is 7.05. The van der Waals surface area contributed by atoms with Crippen molar-refractivity contribution in [1.29, 1.82) is 0 Å². The van der Waals surface area contributed by atoms with E-state index in [0.717, 1.165) is 0 Å². The van der Waals surface area contributed by atoms with Crippen molar-refractivity contribution in [2.45, 2.75) is 12.4 Å². The first-order chi connectivity index (χ1) is 15.5.